The van der Waals surface area contributed by atoms with E-state index >= 15 is 0 Å². The molecule has 1 fully saturated rings. The summed E-state index contributed by atoms with van der Waals surface area (Å²) < 4.78 is 22.2. The lowest BCUT2D eigenvalue weighted by Crippen LogP contribution is -2.50. The Bertz CT molecular complexity index is 434. The molecule has 1 saturated heterocycles. The van der Waals surface area contributed by atoms with Crippen LogP contribution in [-0.2, 0) is 14.6 Å². The van der Waals surface area contributed by atoms with E-state index in [1.807, 2.05) is 0 Å². The summed E-state index contributed by atoms with van der Waals surface area (Å²) in [4.78, 5) is 16.4. The van der Waals surface area contributed by atoms with Crippen LogP contribution in [0.5, 0.6) is 0 Å². The van der Waals surface area contributed by atoms with E-state index in [4.69, 9.17) is 5.73 Å². The fourth-order valence-corrected chi connectivity index (χ4v) is 2.70. The number of amides is 1. The van der Waals surface area contributed by atoms with Crippen LogP contribution in [0.15, 0.2) is 0 Å². The molecule has 1 rings (SSSR count). The molecule has 7 heteroatoms. The molecule has 0 aliphatic carbocycles. The van der Waals surface area contributed by atoms with Crippen molar-refractivity contribution in [3.05, 3.63) is 0 Å². The van der Waals surface area contributed by atoms with Crippen LogP contribution in [0.4, 0.5) is 0 Å². The molecule has 1 heterocycles. The Balaban J connectivity index is 2.67. The average molecular weight is 305 g/mol. The van der Waals surface area contributed by atoms with Gasteiger partial charge in [-0.3, -0.25) is 4.79 Å². The molecule has 6 nitrogen and oxygen atoms in total. The number of carbonyl (C=O) groups excluding carboxylic acids is 1. The lowest BCUT2D eigenvalue weighted by Gasteiger charge is -2.30. The summed E-state index contributed by atoms with van der Waals surface area (Å²) in [5.41, 5.74) is 5.51. The van der Waals surface area contributed by atoms with Gasteiger partial charge in [-0.05, 0) is 46.3 Å². The van der Waals surface area contributed by atoms with Gasteiger partial charge in [-0.2, -0.15) is 0 Å². The minimum absolute atomic E-state index is 0.291. The van der Waals surface area contributed by atoms with Gasteiger partial charge in [0, 0.05) is 25.9 Å². The van der Waals surface area contributed by atoms with Crippen LogP contribution in [0.2, 0.25) is 0 Å². The first-order valence-corrected chi connectivity index (χ1v) is 9.00. The molecule has 0 radical (unpaired) electrons. The Morgan fingerprint density at radius 1 is 1.20 bits per heavy atom. The smallest absolute Gasteiger partial charge is 0.243 e. The summed E-state index contributed by atoms with van der Waals surface area (Å²) in [5, 5.41) is 0. The molecular formula is C13H27N3O3S. The van der Waals surface area contributed by atoms with Gasteiger partial charge in [0.2, 0.25) is 5.91 Å². The molecule has 1 amide bonds. The number of nitrogens with two attached hydrogens (primary N) is 1. The largest absolute Gasteiger partial charge is 0.340 e. The second-order valence-corrected chi connectivity index (χ2v) is 8.48. The molecule has 0 aromatic heterocycles. The zero-order chi connectivity index (χ0) is 15.4. The molecule has 20 heavy (non-hydrogen) atoms. The Morgan fingerprint density at radius 2 is 1.85 bits per heavy atom. The molecule has 0 aromatic rings. The third-order valence-corrected chi connectivity index (χ3v) is 6.02. The van der Waals surface area contributed by atoms with Crippen molar-refractivity contribution in [1.29, 1.82) is 0 Å². The van der Waals surface area contributed by atoms with Gasteiger partial charge in [0.05, 0.1) is 0 Å². The quantitative estimate of drug-likeness (QED) is 0.753. The Kier molecular flexibility index (Phi) is 5.97. The predicted octanol–water partition coefficient (Wildman–Crippen LogP) is -0.307. The van der Waals surface area contributed by atoms with E-state index in [-0.39, 0.29) is 5.91 Å². The second-order valence-electron chi connectivity index (χ2n) is 5.91. The second kappa shape index (κ2) is 6.87. The monoisotopic (exact) mass is 305 g/mol. The topological polar surface area (TPSA) is 83.7 Å². The average Bonchev–Trinajstić information content (AvgIpc) is 2.59. The molecule has 0 bridgehead atoms. The van der Waals surface area contributed by atoms with Crippen molar-refractivity contribution >= 4 is 15.7 Å². The molecule has 0 atom stereocenters. The third kappa shape index (κ3) is 4.17. The fourth-order valence-electron chi connectivity index (χ4n) is 2.25. The molecule has 2 N–H and O–H groups in total. The zero-order valence-corrected chi connectivity index (χ0v) is 13.6. The molecule has 0 aromatic carbocycles. The molecule has 0 spiro atoms. The van der Waals surface area contributed by atoms with Crippen LogP contribution in [0, 0.1) is 0 Å². The highest BCUT2D eigenvalue weighted by Crippen LogP contribution is 2.19. The predicted molar refractivity (Wildman–Crippen MR) is 80.2 cm³/mol. The molecule has 1 aliphatic rings. The van der Waals surface area contributed by atoms with Crippen molar-refractivity contribution in [1.82, 2.24) is 9.80 Å². The van der Waals surface area contributed by atoms with Gasteiger partial charge in [-0.25, -0.2) is 8.42 Å². The Morgan fingerprint density at radius 3 is 2.40 bits per heavy atom. The van der Waals surface area contributed by atoms with Gasteiger partial charge in [-0.15, -0.1) is 0 Å². The number of rotatable bonds is 5. The van der Waals surface area contributed by atoms with Crippen LogP contribution < -0.4 is 5.73 Å². The zero-order valence-electron chi connectivity index (χ0n) is 12.8. The molecule has 0 unspecified atom stereocenters. The van der Waals surface area contributed by atoms with Crippen molar-refractivity contribution in [2.75, 3.05) is 45.5 Å². The van der Waals surface area contributed by atoms with Crippen molar-refractivity contribution in [3.8, 4) is 0 Å². The minimum atomic E-state index is -3.41. The van der Waals surface area contributed by atoms with Crippen LogP contribution in [-0.4, -0.2) is 74.4 Å². The molecule has 0 saturated carbocycles. The summed E-state index contributed by atoms with van der Waals surface area (Å²) in [6, 6.07) is 0. The highest BCUT2D eigenvalue weighted by atomic mass is 32.2. The first kappa shape index (κ1) is 17.4. The van der Waals surface area contributed by atoms with E-state index in [1.54, 1.807) is 4.90 Å². The first-order valence-electron chi connectivity index (χ1n) is 7.11. The van der Waals surface area contributed by atoms with Crippen LogP contribution in [0.1, 0.15) is 26.7 Å². The standard InChI is InChI=1S/C13H27N3O3S/c1-13(2,20(3,18)19)12(17)16-9-5-8-15(10-11-16)7-4-6-14/h4-11,14H2,1-3H3. The first-order chi connectivity index (χ1) is 9.20. The van der Waals surface area contributed by atoms with Crippen molar-refractivity contribution in [2.24, 2.45) is 5.73 Å². The normalized spacial score (nSPS) is 18.9. The maximum absolute atomic E-state index is 12.4. The maximum Gasteiger partial charge on any atom is 0.243 e. The Labute approximate surface area is 122 Å². The lowest BCUT2D eigenvalue weighted by molar-refractivity contribution is -0.133. The van der Waals surface area contributed by atoms with Crippen LogP contribution in [0.3, 0.4) is 0 Å². The third-order valence-electron chi connectivity index (χ3n) is 4.00. The summed E-state index contributed by atoms with van der Waals surface area (Å²) in [6.45, 7) is 7.51. The fraction of sp³-hybridized carbons (Fsp3) is 0.923. The summed E-state index contributed by atoms with van der Waals surface area (Å²) in [7, 11) is -3.41. The van der Waals surface area contributed by atoms with Gasteiger partial charge in [-0.1, -0.05) is 0 Å². The van der Waals surface area contributed by atoms with Gasteiger partial charge < -0.3 is 15.5 Å². The van der Waals surface area contributed by atoms with Crippen LogP contribution in [0.25, 0.3) is 0 Å². The number of sulfone groups is 1. The van der Waals surface area contributed by atoms with E-state index in [2.05, 4.69) is 4.90 Å². The summed E-state index contributed by atoms with van der Waals surface area (Å²) in [6.07, 6.45) is 2.94. The maximum atomic E-state index is 12.4. The van der Waals surface area contributed by atoms with E-state index in [1.165, 1.54) is 13.8 Å². The number of hydrogen-bond donors (Lipinski definition) is 1. The number of nitrogens with zero attached hydrogens (tertiary/aromatic N) is 2. The van der Waals surface area contributed by atoms with E-state index < -0.39 is 14.6 Å². The lowest BCUT2D eigenvalue weighted by atomic mass is 10.1. The van der Waals surface area contributed by atoms with Gasteiger partial charge >= 0.3 is 0 Å². The van der Waals surface area contributed by atoms with Gasteiger partial charge in [0.1, 0.15) is 4.75 Å². The van der Waals surface area contributed by atoms with Crippen molar-refractivity contribution in [3.63, 3.8) is 0 Å². The highest BCUT2D eigenvalue weighted by molar-refractivity contribution is 7.92. The van der Waals surface area contributed by atoms with E-state index in [0.717, 1.165) is 38.7 Å². The van der Waals surface area contributed by atoms with Gasteiger partial charge in [0.15, 0.2) is 9.84 Å². The molecule has 118 valence electrons. The Hall–Kier alpha value is -0.660. The summed E-state index contributed by atoms with van der Waals surface area (Å²) >= 11 is 0. The summed E-state index contributed by atoms with van der Waals surface area (Å²) in [5.74, 6) is -0.291. The van der Waals surface area contributed by atoms with Crippen molar-refractivity contribution in [2.45, 2.75) is 31.4 Å². The molecular weight excluding hydrogens is 278 g/mol. The minimum Gasteiger partial charge on any atom is -0.340 e. The number of carbonyl (C=O) groups is 1. The molecule has 1 aliphatic heterocycles. The van der Waals surface area contributed by atoms with Gasteiger partial charge in [0.25, 0.3) is 0 Å². The number of hydrogen-bond acceptors (Lipinski definition) is 5. The van der Waals surface area contributed by atoms with Crippen molar-refractivity contribution < 1.29 is 13.2 Å². The highest BCUT2D eigenvalue weighted by Gasteiger charge is 2.41. The van der Waals surface area contributed by atoms with E-state index in [0.29, 0.717) is 19.6 Å². The van der Waals surface area contributed by atoms with Crippen LogP contribution >= 0.6 is 0 Å². The SMILES string of the molecule is CC(C)(C(=O)N1CCCN(CCCN)CC1)S(C)(=O)=O. The van der Waals surface area contributed by atoms with E-state index in [9.17, 15) is 13.2 Å².